The molecule has 5 N–H and O–H groups in total. The number of nitrogens with two attached hydrogens (primary N) is 2. The van der Waals surface area contributed by atoms with Gasteiger partial charge in [0.2, 0.25) is 5.71 Å². The van der Waals surface area contributed by atoms with E-state index in [0.29, 0.717) is 17.1 Å². The Labute approximate surface area is 163 Å². The highest BCUT2D eigenvalue weighted by Gasteiger charge is 2.19. The number of nitrogen functional groups attached to an aromatic ring is 1. The van der Waals surface area contributed by atoms with Crippen LogP contribution in [0.1, 0.15) is 18.2 Å². The van der Waals surface area contributed by atoms with Crippen molar-refractivity contribution in [3.05, 3.63) is 54.1 Å². The molecule has 0 bridgehead atoms. The summed E-state index contributed by atoms with van der Waals surface area (Å²) in [6.07, 6.45) is 5.40. The fourth-order valence-electron chi connectivity index (χ4n) is 3.31. The first-order chi connectivity index (χ1) is 13.7. The van der Waals surface area contributed by atoms with E-state index in [0.717, 1.165) is 55.4 Å². The van der Waals surface area contributed by atoms with Gasteiger partial charge < -0.3 is 16.0 Å². The summed E-state index contributed by atoms with van der Waals surface area (Å²) in [6.45, 7) is 6.62. The highest BCUT2D eigenvalue weighted by Crippen LogP contribution is 2.23. The van der Waals surface area contributed by atoms with Crippen molar-refractivity contribution in [3.8, 4) is 11.3 Å². The molecular formula is C20H25N8+. The molecule has 0 aliphatic carbocycles. The highest BCUT2D eigenvalue weighted by atomic mass is 15.3. The lowest BCUT2D eigenvalue weighted by Gasteiger charge is -2.28. The summed E-state index contributed by atoms with van der Waals surface area (Å²) in [5.41, 5.74) is 10.4. The third-order valence-corrected chi connectivity index (χ3v) is 4.93. The van der Waals surface area contributed by atoms with Gasteiger partial charge in [-0.1, -0.05) is 6.07 Å². The third-order valence-electron chi connectivity index (χ3n) is 4.93. The van der Waals surface area contributed by atoms with Crippen molar-refractivity contribution in [1.29, 1.82) is 0 Å². The van der Waals surface area contributed by atoms with Crippen molar-refractivity contribution in [2.24, 2.45) is 0 Å². The van der Waals surface area contributed by atoms with E-state index in [1.165, 1.54) is 0 Å². The Morgan fingerprint density at radius 3 is 2.82 bits per heavy atom. The van der Waals surface area contributed by atoms with Crippen molar-refractivity contribution in [2.75, 3.05) is 36.8 Å². The van der Waals surface area contributed by atoms with Gasteiger partial charge in [0.25, 0.3) is 0 Å². The molecule has 0 unspecified atom stereocenters. The van der Waals surface area contributed by atoms with Crippen LogP contribution >= 0.6 is 0 Å². The van der Waals surface area contributed by atoms with Gasteiger partial charge in [0.1, 0.15) is 11.5 Å². The molecule has 1 aliphatic heterocycles. The summed E-state index contributed by atoms with van der Waals surface area (Å²) in [6, 6.07) is 7.81. The zero-order valence-corrected chi connectivity index (χ0v) is 16.0. The summed E-state index contributed by atoms with van der Waals surface area (Å²) in [4.78, 5) is 11.5. The Morgan fingerprint density at radius 2 is 2.07 bits per heavy atom. The van der Waals surface area contributed by atoms with Gasteiger partial charge in [0.15, 0.2) is 0 Å². The minimum Gasteiger partial charge on any atom is -0.397 e. The topological polar surface area (TPSA) is 110 Å². The average molecular weight is 377 g/mol. The highest BCUT2D eigenvalue weighted by molar-refractivity contribution is 6.11. The van der Waals surface area contributed by atoms with Gasteiger partial charge in [-0.2, -0.15) is 5.10 Å². The Kier molecular flexibility index (Phi) is 5.03. The quantitative estimate of drug-likeness (QED) is 0.538. The second-order valence-corrected chi connectivity index (χ2v) is 6.77. The first-order valence-corrected chi connectivity index (χ1v) is 9.50. The predicted molar refractivity (Wildman–Crippen MR) is 110 cm³/mol. The maximum atomic E-state index is 6.49. The van der Waals surface area contributed by atoms with Crippen molar-refractivity contribution in [1.82, 2.24) is 25.1 Å². The zero-order chi connectivity index (χ0) is 19.5. The van der Waals surface area contributed by atoms with Crippen molar-refractivity contribution >= 4 is 17.2 Å². The molecular weight excluding hydrogens is 352 g/mol. The summed E-state index contributed by atoms with van der Waals surface area (Å²) in [7, 11) is 0. The second-order valence-electron chi connectivity index (χ2n) is 6.77. The first-order valence-electron chi connectivity index (χ1n) is 9.50. The summed E-state index contributed by atoms with van der Waals surface area (Å²) in [5.74, 6) is 0.930. The number of aromatic nitrogens is 4. The SMILES string of the molecule is CCn1cc(-c2cc(C(=[NH2+])c3cccc(N4CCNCC4)n3)c(N)cn2)cn1. The molecule has 0 aromatic carbocycles. The van der Waals surface area contributed by atoms with Gasteiger partial charge >= 0.3 is 0 Å². The maximum absolute atomic E-state index is 6.49. The second kappa shape index (κ2) is 7.77. The normalized spacial score (nSPS) is 14.2. The third kappa shape index (κ3) is 3.59. The number of hydrogen-bond acceptors (Lipinski definition) is 6. The minimum atomic E-state index is 0.526. The number of anilines is 2. The van der Waals surface area contributed by atoms with Crippen LogP contribution in [0.5, 0.6) is 0 Å². The van der Waals surface area contributed by atoms with Crippen molar-refractivity contribution in [2.45, 2.75) is 13.5 Å². The van der Waals surface area contributed by atoms with Crippen LogP contribution in [0.4, 0.5) is 11.5 Å². The minimum absolute atomic E-state index is 0.526. The molecule has 0 saturated carbocycles. The van der Waals surface area contributed by atoms with Gasteiger partial charge in [0, 0.05) is 44.5 Å². The van der Waals surface area contributed by atoms with Crippen LogP contribution in [0.3, 0.4) is 0 Å². The number of hydrogen-bond donors (Lipinski definition) is 3. The fourth-order valence-corrected chi connectivity index (χ4v) is 3.31. The molecule has 8 heteroatoms. The number of rotatable bonds is 5. The molecule has 144 valence electrons. The van der Waals surface area contributed by atoms with E-state index in [-0.39, 0.29) is 0 Å². The van der Waals surface area contributed by atoms with Crippen LogP contribution in [0.25, 0.3) is 11.3 Å². The van der Waals surface area contributed by atoms with Crippen LogP contribution in [-0.2, 0) is 6.54 Å². The number of aryl methyl sites for hydroxylation is 1. The number of nitrogens with one attached hydrogen (secondary N) is 1. The van der Waals surface area contributed by atoms with E-state index in [1.54, 1.807) is 12.4 Å². The fraction of sp³-hybridized carbons (Fsp3) is 0.300. The maximum Gasteiger partial charge on any atom is 0.232 e. The molecule has 0 atom stereocenters. The summed E-state index contributed by atoms with van der Waals surface area (Å²) < 4.78 is 1.86. The lowest BCUT2D eigenvalue weighted by Crippen LogP contribution is -2.45. The van der Waals surface area contributed by atoms with Crippen LogP contribution < -0.4 is 21.4 Å². The van der Waals surface area contributed by atoms with E-state index in [1.807, 2.05) is 42.1 Å². The lowest BCUT2D eigenvalue weighted by molar-refractivity contribution is -0.111. The van der Waals surface area contributed by atoms with E-state index in [4.69, 9.17) is 16.1 Å². The van der Waals surface area contributed by atoms with Crippen LogP contribution in [0.2, 0.25) is 0 Å². The molecule has 3 aromatic rings. The zero-order valence-electron chi connectivity index (χ0n) is 16.0. The van der Waals surface area contributed by atoms with Gasteiger partial charge in [-0.15, -0.1) is 0 Å². The molecule has 0 radical (unpaired) electrons. The molecule has 28 heavy (non-hydrogen) atoms. The number of piperazine rings is 1. The van der Waals surface area contributed by atoms with Gasteiger partial charge in [-0.3, -0.25) is 15.1 Å². The average Bonchev–Trinajstić information content (AvgIpc) is 3.24. The molecule has 4 rings (SSSR count). The molecule has 3 aromatic heterocycles. The summed E-state index contributed by atoms with van der Waals surface area (Å²) >= 11 is 0. The van der Waals surface area contributed by atoms with Crippen LogP contribution in [0, 0.1) is 0 Å². The van der Waals surface area contributed by atoms with Crippen LogP contribution in [0.15, 0.2) is 42.9 Å². The van der Waals surface area contributed by atoms with Crippen molar-refractivity contribution < 1.29 is 5.41 Å². The van der Waals surface area contributed by atoms with E-state index < -0.39 is 0 Å². The molecule has 0 spiro atoms. The molecule has 0 amide bonds. The van der Waals surface area contributed by atoms with Crippen molar-refractivity contribution in [3.63, 3.8) is 0 Å². The monoisotopic (exact) mass is 377 g/mol. The molecule has 4 heterocycles. The van der Waals surface area contributed by atoms with E-state index in [9.17, 15) is 0 Å². The predicted octanol–water partition coefficient (Wildman–Crippen LogP) is -0.0517. The standard InChI is InChI=1S/C20H24N8/c1-2-28-13-14(11-25-28)18-10-15(16(21)12-24-18)20(22)17-4-3-5-19(26-17)27-8-6-23-7-9-27/h3-5,10-13,22-23H,2,6-9,21H2,1H3/p+1. The van der Waals surface area contributed by atoms with E-state index in [2.05, 4.69) is 20.3 Å². The summed E-state index contributed by atoms with van der Waals surface area (Å²) in [5, 5.41) is 14.2. The Bertz CT molecular complexity index is 987. The number of pyridine rings is 2. The Hall–Kier alpha value is -3.26. The molecule has 1 saturated heterocycles. The smallest absolute Gasteiger partial charge is 0.232 e. The first kappa shape index (κ1) is 18.1. The van der Waals surface area contributed by atoms with Gasteiger partial charge in [-0.25, -0.2) is 4.98 Å². The largest absolute Gasteiger partial charge is 0.397 e. The molecule has 8 nitrogen and oxygen atoms in total. The number of nitrogens with zero attached hydrogens (tertiary/aromatic N) is 5. The molecule has 1 fully saturated rings. The van der Waals surface area contributed by atoms with Gasteiger partial charge in [0.05, 0.1) is 29.3 Å². The van der Waals surface area contributed by atoms with E-state index >= 15 is 0 Å². The Balaban J connectivity index is 1.65. The lowest BCUT2D eigenvalue weighted by atomic mass is 10.0. The molecule has 1 aliphatic rings. The van der Waals surface area contributed by atoms with Crippen LogP contribution in [-0.4, -0.2) is 51.6 Å². The Morgan fingerprint density at radius 1 is 1.25 bits per heavy atom. The van der Waals surface area contributed by atoms with Gasteiger partial charge in [-0.05, 0) is 25.1 Å².